The molecule has 1 aliphatic carbocycles. The monoisotopic (exact) mass is 360 g/mol. The first-order valence-corrected chi connectivity index (χ1v) is 8.98. The molecular formula is C21H20N4O2. The van der Waals surface area contributed by atoms with E-state index in [1.807, 2.05) is 36.4 Å². The summed E-state index contributed by atoms with van der Waals surface area (Å²) in [5, 5.41) is 13.3. The number of pyridine rings is 1. The number of hydrogen-bond acceptors (Lipinski definition) is 4. The van der Waals surface area contributed by atoms with Crippen LogP contribution in [-0.2, 0) is 24.1 Å². The molecule has 3 aromatic rings. The van der Waals surface area contributed by atoms with Gasteiger partial charge in [-0.15, -0.1) is 0 Å². The Labute approximate surface area is 157 Å². The number of carbonyl (C=O) groups is 1. The Morgan fingerprint density at radius 2 is 2.30 bits per heavy atom. The van der Waals surface area contributed by atoms with Crippen molar-refractivity contribution < 1.29 is 9.53 Å². The third-order valence-electron chi connectivity index (χ3n) is 5.15. The van der Waals surface area contributed by atoms with Gasteiger partial charge in [-0.05, 0) is 55.2 Å². The molecule has 0 fully saturated rings. The minimum atomic E-state index is -0.404. The maximum absolute atomic E-state index is 11.6. The molecule has 2 heterocycles. The Morgan fingerprint density at radius 1 is 1.41 bits per heavy atom. The molecule has 1 aromatic carbocycles. The number of rotatable bonds is 3. The Kier molecular flexibility index (Phi) is 4.51. The van der Waals surface area contributed by atoms with Gasteiger partial charge in [0.25, 0.3) is 0 Å². The second-order valence-electron chi connectivity index (χ2n) is 6.75. The van der Waals surface area contributed by atoms with Crippen molar-refractivity contribution in [2.24, 2.45) is 0 Å². The van der Waals surface area contributed by atoms with Crippen LogP contribution in [0, 0.1) is 11.3 Å². The third-order valence-corrected chi connectivity index (χ3v) is 5.15. The van der Waals surface area contributed by atoms with Crippen molar-refractivity contribution in [3.05, 3.63) is 65.1 Å². The van der Waals surface area contributed by atoms with Crippen LogP contribution in [0.2, 0.25) is 0 Å². The molecule has 1 N–H and O–H groups in total. The molecule has 136 valence electrons. The zero-order valence-corrected chi connectivity index (χ0v) is 15.1. The Bertz CT molecular complexity index is 1030. The van der Waals surface area contributed by atoms with Crippen molar-refractivity contribution in [2.45, 2.75) is 31.8 Å². The predicted octanol–water partition coefficient (Wildman–Crippen LogP) is 3.17. The number of aromatic nitrogens is 2. The first-order valence-electron chi connectivity index (χ1n) is 8.98. The number of ether oxygens (including phenoxy) is 1. The van der Waals surface area contributed by atoms with Crippen LogP contribution in [0.5, 0.6) is 0 Å². The summed E-state index contributed by atoms with van der Waals surface area (Å²) in [6.45, 7) is 0.688. The second kappa shape index (κ2) is 7.12. The maximum Gasteiger partial charge on any atom is 0.407 e. The zero-order chi connectivity index (χ0) is 18.8. The van der Waals surface area contributed by atoms with Crippen molar-refractivity contribution >= 4 is 17.0 Å². The first-order chi connectivity index (χ1) is 13.2. The minimum absolute atomic E-state index is 0.0320. The van der Waals surface area contributed by atoms with Crippen LogP contribution in [-0.4, -0.2) is 28.8 Å². The fraction of sp³-hybridized carbons (Fsp3) is 0.286. The van der Waals surface area contributed by atoms with Crippen molar-refractivity contribution in [3.63, 3.8) is 0 Å². The molecule has 1 aliphatic rings. The van der Waals surface area contributed by atoms with Gasteiger partial charge in [-0.1, -0.05) is 6.07 Å². The number of carbonyl (C=O) groups excluding carboxylic acids is 1. The lowest BCUT2D eigenvalue weighted by Crippen LogP contribution is -2.38. The molecule has 0 saturated heterocycles. The zero-order valence-electron chi connectivity index (χ0n) is 15.1. The lowest BCUT2D eigenvalue weighted by molar-refractivity contribution is 0.165. The fourth-order valence-electron chi connectivity index (χ4n) is 3.90. The largest absolute Gasteiger partial charge is 0.453 e. The number of methoxy groups -OCH3 is 1. The van der Waals surface area contributed by atoms with E-state index in [1.54, 1.807) is 6.20 Å². The summed E-state index contributed by atoms with van der Waals surface area (Å²) >= 11 is 0. The van der Waals surface area contributed by atoms with Crippen molar-refractivity contribution in [1.82, 2.24) is 14.9 Å². The number of nitriles is 1. The highest BCUT2D eigenvalue weighted by molar-refractivity contribution is 5.87. The lowest BCUT2D eigenvalue weighted by atomic mass is 9.91. The van der Waals surface area contributed by atoms with Gasteiger partial charge in [0, 0.05) is 28.8 Å². The molecule has 0 bridgehead atoms. The molecule has 0 aliphatic heterocycles. The number of nitrogens with one attached hydrogen (secondary N) is 1. The van der Waals surface area contributed by atoms with E-state index < -0.39 is 6.09 Å². The van der Waals surface area contributed by atoms with E-state index in [0.717, 1.165) is 35.9 Å². The van der Waals surface area contributed by atoms with Crippen LogP contribution in [0.3, 0.4) is 0 Å². The number of hydrogen-bond donors (Lipinski definition) is 1. The van der Waals surface area contributed by atoms with Gasteiger partial charge in [-0.25, -0.2) is 4.79 Å². The van der Waals surface area contributed by atoms with E-state index in [1.165, 1.54) is 18.4 Å². The van der Waals surface area contributed by atoms with E-state index >= 15 is 0 Å². The van der Waals surface area contributed by atoms with Crippen LogP contribution in [0.1, 0.15) is 28.9 Å². The van der Waals surface area contributed by atoms with Gasteiger partial charge in [-0.3, -0.25) is 4.98 Å². The van der Waals surface area contributed by atoms with Gasteiger partial charge in [0.15, 0.2) is 0 Å². The number of amides is 1. The summed E-state index contributed by atoms with van der Waals surface area (Å²) in [7, 11) is 1.38. The standard InChI is InChI=1S/C21H20N4O2/c1-27-21(26)24-15-6-8-20-18(11-15)17-10-14(12-22)5-7-19(17)25(20)13-16-4-2-3-9-23-16/h2-5,7,9-10,15H,6,8,11,13H2,1H3,(H,24,26). The van der Waals surface area contributed by atoms with Crippen LogP contribution >= 0.6 is 0 Å². The van der Waals surface area contributed by atoms with Gasteiger partial charge in [0.2, 0.25) is 0 Å². The maximum atomic E-state index is 11.6. The topological polar surface area (TPSA) is 79.9 Å². The predicted molar refractivity (Wildman–Crippen MR) is 101 cm³/mol. The number of alkyl carbamates (subject to hydrolysis) is 1. The SMILES string of the molecule is COC(=O)NC1CCc2c(c3cc(C#N)ccc3n2Cc2ccccn2)C1. The Balaban J connectivity index is 1.78. The number of fused-ring (bicyclic) bond motifs is 3. The molecule has 0 saturated carbocycles. The van der Waals surface area contributed by atoms with Gasteiger partial charge in [0.1, 0.15) is 0 Å². The number of benzene rings is 1. The molecule has 1 amide bonds. The van der Waals surface area contributed by atoms with E-state index in [4.69, 9.17) is 4.74 Å². The van der Waals surface area contributed by atoms with Crippen LogP contribution in [0.25, 0.3) is 10.9 Å². The normalized spacial score (nSPS) is 15.8. The third kappa shape index (κ3) is 3.24. The van der Waals surface area contributed by atoms with E-state index in [-0.39, 0.29) is 6.04 Å². The van der Waals surface area contributed by atoms with Crippen LogP contribution in [0.4, 0.5) is 4.79 Å². The molecule has 2 aromatic heterocycles. The summed E-state index contributed by atoms with van der Waals surface area (Å²) in [5.74, 6) is 0. The van der Waals surface area contributed by atoms with Gasteiger partial charge < -0.3 is 14.6 Å². The average molecular weight is 360 g/mol. The first kappa shape index (κ1) is 17.1. The van der Waals surface area contributed by atoms with Crippen molar-refractivity contribution in [2.75, 3.05) is 7.11 Å². The van der Waals surface area contributed by atoms with E-state index in [2.05, 4.69) is 20.9 Å². The quantitative estimate of drug-likeness (QED) is 0.778. The van der Waals surface area contributed by atoms with Crippen LogP contribution in [0.15, 0.2) is 42.6 Å². The van der Waals surface area contributed by atoms with Crippen molar-refractivity contribution in [1.29, 1.82) is 5.26 Å². The summed E-state index contributed by atoms with van der Waals surface area (Å²) in [6.07, 6.45) is 3.83. The fourth-order valence-corrected chi connectivity index (χ4v) is 3.90. The summed E-state index contributed by atoms with van der Waals surface area (Å²) in [6, 6.07) is 14.0. The number of nitrogens with zero attached hydrogens (tertiary/aromatic N) is 3. The summed E-state index contributed by atoms with van der Waals surface area (Å²) < 4.78 is 7.04. The van der Waals surface area contributed by atoms with E-state index in [9.17, 15) is 10.1 Å². The van der Waals surface area contributed by atoms with Crippen LogP contribution < -0.4 is 5.32 Å². The Morgan fingerprint density at radius 3 is 3.04 bits per heavy atom. The molecule has 4 rings (SSSR count). The van der Waals surface area contributed by atoms with E-state index in [0.29, 0.717) is 12.1 Å². The molecule has 6 nitrogen and oxygen atoms in total. The highest BCUT2D eigenvalue weighted by atomic mass is 16.5. The molecule has 1 atom stereocenters. The van der Waals surface area contributed by atoms with Gasteiger partial charge in [0.05, 0.1) is 31.0 Å². The highest BCUT2D eigenvalue weighted by Gasteiger charge is 2.27. The van der Waals surface area contributed by atoms with Crippen molar-refractivity contribution in [3.8, 4) is 6.07 Å². The summed E-state index contributed by atoms with van der Waals surface area (Å²) in [5.41, 5.74) is 5.20. The molecule has 1 unspecified atom stereocenters. The smallest absolute Gasteiger partial charge is 0.407 e. The summed E-state index contributed by atoms with van der Waals surface area (Å²) in [4.78, 5) is 16.1. The molecule has 0 spiro atoms. The second-order valence-corrected chi connectivity index (χ2v) is 6.75. The molecular weight excluding hydrogens is 340 g/mol. The average Bonchev–Trinajstić information content (AvgIpc) is 3.01. The molecule has 27 heavy (non-hydrogen) atoms. The highest BCUT2D eigenvalue weighted by Crippen LogP contribution is 2.33. The lowest BCUT2D eigenvalue weighted by Gasteiger charge is -2.24. The Hall–Kier alpha value is -3.33. The van der Waals surface area contributed by atoms with Gasteiger partial charge >= 0.3 is 6.09 Å². The van der Waals surface area contributed by atoms with Gasteiger partial charge in [-0.2, -0.15) is 5.26 Å². The minimum Gasteiger partial charge on any atom is -0.453 e. The molecule has 0 radical (unpaired) electrons. The molecule has 6 heteroatoms.